The Hall–Kier alpha value is -2.47. The molecule has 0 saturated heterocycles. The topological polar surface area (TPSA) is 64.4 Å². The zero-order valence-corrected chi connectivity index (χ0v) is 13.4. The van der Waals surface area contributed by atoms with Crippen LogP contribution in [0.3, 0.4) is 0 Å². The second kappa shape index (κ2) is 8.40. The van der Waals surface area contributed by atoms with Crippen molar-refractivity contribution in [3.8, 4) is 5.75 Å². The molecule has 0 spiro atoms. The highest BCUT2D eigenvalue weighted by molar-refractivity contribution is 5.90. The SMILES string of the molecule is CC(N)CCC(=O)Nc1ccc(OCc2ccc(F)cc2)cc1F. The largest absolute Gasteiger partial charge is 0.489 e. The Balaban J connectivity index is 1.91. The summed E-state index contributed by atoms with van der Waals surface area (Å²) >= 11 is 0. The minimum atomic E-state index is -0.583. The van der Waals surface area contributed by atoms with E-state index >= 15 is 0 Å². The lowest BCUT2D eigenvalue weighted by molar-refractivity contribution is -0.116. The predicted octanol–water partition coefficient (Wildman–Crippen LogP) is 3.61. The molecule has 0 aromatic heterocycles. The maximum Gasteiger partial charge on any atom is 0.224 e. The molecule has 0 fully saturated rings. The number of carbonyl (C=O) groups is 1. The Morgan fingerprint density at radius 3 is 2.54 bits per heavy atom. The molecule has 2 aromatic carbocycles. The van der Waals surface area contributed by atoms with Crippen LogP contribution in [0.15, 0.2) is 42.5 Å². The first-order valence-corrected chi connectivity index (χ1v) is 7.66. The molecule has 1 amide bonds. The Morgan fingerprint density at radius 2 is 1.92 bits per heavy atom. The van der Waals surface area contributed by atoms with Gasteiger partial charge in [0, 0.05) is 18.5 Å². The molecule has 0 aliphatic heterocycles. The molecule has 0 aliphatic carbocycles. The van der Waals surface area contributed by atoms with Crippen LogP contribution in [0.1, 0.15) is 25.3 Å². The van der Waals surface area contributed by atoms with Gasteiger partial charge in [-0.15, -0.1) is 0 Å². The number of halogens is 2. The number of nitrogens with one attached hydrogen (secondary N) is 1. The van der Waals surface area contributed by atoms with Crippen LogP contribution in [-0.4, -0.2) is 11.9 Å². The van der Waals surface area contributed by atoms with Crippen LogP contribution < -0.4 is 15.8 Å². The molecule has 2 rings (SSSR count). The van der Waals surface area contributed by atoms with E-state index in [4.69, 9.17) is 10.5 Å². The number of ether oxygens (including phenoxy) is 1. The van der Waals surface area contributed by atoms with Gasteiger partial charge in [0.1, 0.15) is 24.0 Å². The van der Waals surface area contributed by atoms with Gasteiger partial charge in [0.05, 0.1) is 5.69 Å². The number of amides is 1. The Bertz CT molecular complexity index is 688. The van der Waals surface area contributed by atoms with Crippen molar-refractivity contribution >= 4 is 11.6 Å². The molecule has 128 valence electrons. The zero-order chi connectivity index (χ0) is 17.5. The van der Waals surface area contributed by atoms with Crippen molar-refractivity contribution in [2.75, 3.05) is 5.32 Å². The molecule has 1 atom stereocenters. The van der Waals surface area contributed by atoms with Gasteiger partial charge in [-0.25, -0.2) is 8.78 Å². The molecule has 2 aromatic rings. The lowest BCUT2D eigenvalue weighted by Gasteiger charge is -2.10. The van der Waals surface area contributed by atoms with E-state index in [0.717, 1.165) is 5.56 Å². The van der Waals surface area contributed by atoms with E-state index in [1.54, 1.807) is 25.1 Å². The van der Waals surface area contributed by atoms with Crippen LogP contribution in [0.4, 0.5) is 14.5 Å². The third-order valence-corrected chi connectivity index (χ3v) is 3.36. The monoisotopic (exact) mass is 334 g/mol. The van der Waals surface area contributed by atoms with Crippen LogP contribution in [0.5, 0.6) is 5.75 Å². The summed E-state index contributed by atoms with van der Waals surface area (Å²) in [5.74, 6) is -0.869. The Labute approximate surface area is 139 Å². The molecule has 0 saturated carbocycles. The van der Waals surface area contributed by atoms with E-state index < -0.39 is 5.82 Å². The summed E-state index contributed by atoms with van der Waals surface area (Å²) in [4.78, 5) is 11.7. The number of hydrogen-bond donors (Lipinski definition) is 2. The summed E-state index contributed by atoms with van der Waals surface area (Å²) in [6, 6.07) is 9.98. The van der Waals surface area contributed by atoms with Crippen molar-refractivity contribution < 1.29 is 18.3 Å². The van der Waals surface area contributed by atoms with E-state index in [-0.39, 0.29) is 36.5 Å². The van der Waals surface area contributed by atoms with Crippen molar-refractivity contribution in [1.82, 2.24) is 0 Å². The molecular weight excluding hydrogens is 314 g/mol. The maximum absolute atomic E-state index is 14.0. The first-order chi connectivity index (χ1) is 11.4. The highest BCUT2D eigenvalue weighted by Gasteiger charge is 2.09. The lowest BCUT2D eigenvalue weighted by atomic mass is 10.2. The third-order valence-electron chi connectivity index (χ3n) is 3.36. The molecule has 0 aliphatic rings. The number of rotatable bonds is 7. The van der Waals surface area contributed by atoms with Gasteiger partial charge >= 0.3 is 0 Å². The van der Waals surface area contributed by atoms with Crippen molar-refractivity contribution in [2.45, 2.75) is 32.4 Å². The molecule has 3 N–H and O–H groups in total. The van der Waals surface area contributed by atoms with Gasteiger partial charge in [-0.3, -0.25) is 4.79 Å². The van der Waals surface area contributed by atoms with Crippen LogP contribution in [0.2, 0.25) is 0 Å². The summed E-state index contributed by atoms with van der Waals surface area (Å²) < 4.78 is 32.3. The van der Waals surface area contributed by atoms with Crippen LogP contribution in [0, 0.1) is 11.6 Å². The van der Waals surface area contributed by atoms with Crippen LogP contribution in [0.25, 0.3) is 0 Å². The van der Waals surface area contributed by atoms with E-state index in [2.05, 4.69) is 5.32 Å². The summed E-state index contributed by atoms with van der Waals surface area (Å²) in [5, 5.41) is 2.51. The summed E-state index contributed by atoms with van der Waals surface area (Å²) in [5.41, 5.74) is 6.45. The first kappa shape index (κ1) is 17.9. The zero-order valence-electron chi connectivity index (χ0n) is 13.4. The van der Waals surface area contributed by atoms with E-state index in [9.17, 15) is 13.6 Å². The molecule has 6 heteroatoms. The second-order valence-corrected chi connectivity index (χ2v) is 5.62. The quantitative estimate of drug-likeness (QED) is 0.813. The van der Waals surface area contributed by atoms with Gasteiger partial charge in [-0.1, -0.05) is 12.1 Å². The van der Waals surface area contributed by atoms with Crippen molar-refractivity contribution in [3.05, 3.63) is 59.7 Å². The smallest absolute Gasteiger partial charge is 0.224 e. The third kappa shape index (κ3) is 5.62. The van der Waals surface area contributed by atoms with Gasteiger partial charge in [-0.05, 0) is 43.2 Å². The standard InChI is InChI=1S/C18H20F2N2O2/c1-12(21)2-9-18(23)22-17-8-7-15(10-16(17)20)24-11-13-3-5-14(19)6-4-13/h3-8,10,12H,2,9,11,21H2,1H3,(H,22,23). The molecule has 0 bridgehead atoms. The van der Waals surface area contributed by atoms with E-state index in [1.807, 2.05) is 0 Å². The number of carbonyl (C=O) groups excluding carboxylic acids is 1. The number of nitrogens with two attached hydrogens (primary N) is 1. The Morgan fingerprint density at radius 1 is 1.21 bits per heavy atom. The molecule has 0 heterocycles. The van der Waals surface area contributed by atoms with Gasteiger partial charge in [0.25, 0.3) is 0 Å². The van der Waals surface area contributed by atoms with Gasteiger partial charge < -0.3 is 15.8 Å². The number of hydrogen-bond acceptors (Lipinski definition) is 3. The molecule has 4 nitrogen and oxygen atoms in total. The minimum Gasteiger partial charge on any atom is -0.489 e. The fraction of sp³-hybridized carbons (Fsp3) is 0.278. The molecule has 24 heavy (non-hydrogen) atoms. The molecular formula is C18H20F2N2O2. The van der Waals surface area contributed by atoms with E-state index in [1.165, 1.54) is 24.3 Å². The maximum atomic E-state index is 14.0. The highest BCUT2D eigenvalue weighted by atomic mass is 19.1. The average Bonchev–Trinajstić information content (AvgIpc) is 2.55. The summed E-state index contributed by atoms with van der Waals surface area (Å²) in [7, 11) is 0. The van der Waals surface area contributed by atoms with Crippen molar-refractivity contribution in [3.63, 3.8) is 0 Å². The predicted molar refractivity (Wildman–Crippen MR) is 88.6 cm³/mol. The van der Waals surface area contributed by atoms with E-state index in [0.29, 0.717) is 12.2 Å². The van der Waals surface area contributed by atoms with Gasteiger partial charge in [0.2, 0.25) is 5.91 Å². The second-order valence-electron chi connectivity index (χ2n) is 5.62. The van der Waals surface area contributed by atoms with Crippen molar-refractivity contribution in [1.29, 1.82) is 0 Å². The van der Waals surface area contributed by atoms with Gasteiger partial charge in [0.15, 0.2) is 0 Å². The summed E-state index contributed by atoms with van der Waals surface area (Å²) in [6.45, 7) is 2.00. The van der Waals surface area contributed by atoms with Gasteiger partial charge in [-0.2, -0.15) is 0 Å². The fourth-order valence-corrected chi connectivity index (χ4v) is 2.01. The van der Waals surface area contributed by atoms with Crippen LogP contribution in [-0.2, 0) is 11.4 Å². The normalized spacial score (nSPS) is 11.8. The Kier molecular flexibility index (Phi) is 6.26. The highest BCUT2D eigenvalue weighted by Crippen LogP contribution is 2.22. The lowest BCUT2D eigenvalue weighted by Crippen LogP contribution is -2.19. The summed E-state index contributed by atoms with van der Waals surface area (Å²) in [6.07, 6.45) is 0.770. The number of benzene rings is 2. The first-order valence-electron chi connectivity index (χ1n) is 7.66. The minimum absolute atomic E-state index is 0.0807. The number of anilines is 1. The average molecular weight is 334 g/mol. The van der Waals surface area contributed by atoms with Crippen molar-refractivity contribution in [2.24, 2.45) is 5.73 Å². The van der Waals surface area contributed by atoms with Crippen LogP contribution >= 0.6 is 0 Å². The fourth-order valence-electron chi connectivity index (χ4n) is 2.01. The molecule has 0 radical (unpaired) electrons. The molecule has 1 unspecified atom stereocenters.